The molecule has 0 aliphatic carbocycles. The molecule has 0 aromatic rings. The van der Waals surface area contributed by atoms with Crippen LogP contribution in [0.1, 0.15) is 33.6 Å². The van der Waals surface area contributed by atoms with Crippen molar-refractivity contribution in [1.82, 2.24) is 14.7 Å². The molecule has 1 amide bonds. The highest BCUT2D eigenvalue weighted by atomic mass is 16.3. The Morgan fingerprint density at radius 3 is 2.41 bits per heavy atom. The second kappa shape index (κ2) is 8.27. The molecule has 2 saturated heterocycles. The van der Waals surface area contributed by atoms with Crippen LogP contribution in [-0.2, 0) is 4.79 Å². The number of aliphatic hydroxyl groups excluding tert-OH is 1. The van der Waals surface area contributed by atoms with Crippen LogP contribution >= 0.6 is 0 Å². The van der Waals surface area contributed by atoms with Crippen molar-refractivity contribution < 1.29 is 9.90 Å². The number of carbonyl (C=O) groups is 1. The third kappa shape index (κ3) is 4.43. The van der Waals surface area contributed by atoms with Crippen LogP contribution in [0.3, 0.4) is 0 Å². The van der Waals surface area contributed by atoms with E-state index in [1.807, 2.05) is 4.90 Å². The molecule has 2 aliphatic rings. The minimum atomic E-state index is 0.199. The number of piperazine rings is 1. The first-order valence-corrected chi connectivity index (χ1v) is 8.91. The molecule has 2 fully saturated rings. The number of likely N-dealkylation sites (tertiary alicyclic amines) is 1. The second-order valence-corrected chi connectivity index (χ2v) is 7.24. The van der Waals surface area contributed by atoms with Gasteiger partial charge in [0.1, 0.15) is 0 Å². The van der Waals surface area contributed by atoms with Gasteiger partial charge in [0.15, 0.2) is 0 Å². The molecule has 0 spiro atoms. The number of rotatable bonds is 6. The highest BCUT2D eigenvalue weighted by Crippen LogP contribution is 2.21. The van der Waals surface area contributed by atoms with Crippen molar-refractivity contribution in [3.05, 3.63) is 0 Å². The molecule has 0 aromatic heterocycles. The van der Waals surface area contributed by atoms with Crippen LogP contribution in [0, 0.1) is 11.8 Å². The minimum Gasteiger partial charge on any atom is -0.395 e. The van der Waals surface area contributed by atoms with Gasteiger partial charge in [0.05, 0.1) is 12.5 Å². The highest BCUT2D eigenvalue weighted by molar-refractivity contribution is 5.79. The molecule has 2 heterocycles. The molecule has 0 saturated carbocycles. The predicted molar refractivity (Wildman–Crippen MR) is 88.7 cm³/mol. The summed E-state index contributed by atoms with van der Waals surface area (Å²) in [5, 5.41) is 9.40. The topological polar surface area (TPSA) is 47.0 Å². The summed E-state index contributed by atoms with van der Waals surface area (Å²) in [6.07, 6.45) is 1.98. The Balaban J connectivity index is 1.78. The van der Waals surface area contributed by atoms with Gasteiger partial charge in [0, 0.05) is 45.3 Å². The van der Waals surface area contributed by atoms with Crippen molar-refractivity contribution >= 4 is 5.91 Å². The summed E-state index contributed by atoms with van der Waals surface area (Å²) in [7, 11) is 0. The summed E-state index contributed by atoms with van der Waals surface area (Å²) >= 11 is 0. The number of hydrogen-bond acceptors (Lipinski definition) is 4. The lowest BCUT2D eigenvalue weighted by atomic mass is 10.1. The van der Waals surface area contributed by atoms with Crippen molar-refractivity contribution in [2.45, 2.75) is 39.7 Å². The van der Waals surface area contributed by atoms with E-state index in [1.165, 1.54) is 0 Å². The van der Waals surface area contributed by atoms with E-state index in [0.29, 0.717) is 11.8 Å². The third-order valence-corrected chi connectivity index (χ3v) is 5.07. The lowest BCUT2D eigenvalue weighted by Crippen LogP contribution is -2.54. The maximum absolute atomic E-state index is 12.7. The molecule has 22 heavy (non-hydrogen) atoms. The molecule has 1 N–H and O–H groups in total. The van der Waals surface area contributed by atoms with Gasteiger partial charge < -0.3 is 14.9 Å². The van der Waals surface area contributed by atoms with E-state index in [-0.39, 0.29) is 18.6 Å². The van der Waals surface area contributed by atoms with Crippen molar-refractivity contribution in [1.29, 1.82) is 0 Å². The number of hydrogen-bond donors (Lipinski definition) is 1. The summed E-state index contributed by atoms with van der Waals surface area (Å²) in [4.78, 5) is 19.5. The quantitative estimate of drug-likeness (QED) is 0.791. The van der Waals surface area contributed by atoms with Gasteiger partial charge in [-0.05, 0) is 25.3 Å². The monoisotopic (exact) mass is 311 g/mol. The minimum absolute atomic E-state index is 0.199. The van der Waals surface area contributed by atoms with Crippen molar-refractivity contribution in [2.75, 3.05) is 52.4 Å². The van der Waals surface area contributed by atoms with Gasteiger partial charge in [-0.3, -0.25) is 9.69 Å². The van der Waals surface area contributed by atoms with Crippen molar-refractivity contribution in [3.8, 4) is 0 Å². The summed E-state index contributed by atoms with van der Waals surface area (Å²) in [6.45, 7) is 13.3. The van der Waals surface area contributed by atoms with E-state index in [1.54, 1.807) is 0 Å². The van der Waals surface area contributed by atoms with Crippen LogP contribution in [0.15, 0.2) is 0 Å². The first kappa shape index (κ1) is 17.7. The van der Waals surface area contributed by atoms with Gasteiger partial charge in [0.2, 0.25) is 5.91 Å². The van der Waals surface area contributed by atoms with Crippen LogP contribution in [0.25, 0.3) is 0 Å². The third-order valence-electron chi connectivity index (χ3n) is 5.07. The molecule has 2 rings (SSSR count). The molecule has 2 unspecified atom stereocenters. The molecule has 128 valence electrons. The molecule has 0 aromatic carbocycles. The van der Waals surface area contributed by atoms with E-state index in [2.05, 4.69) is 30.6 Å². The Morgan fingerprint density at radius 2 is 1.86 bits per heavy atom. The van der Waals surface area contributed by atoms with Gasteiger partial charge in [-0.25, -0.2) is 0 Å². The lowest BCUT2D eigenvalue weighted by molar-refractivity contribution is -0.137. The smallest absolute Gasteiger partial charge is 0.227 e. The van der Waals surface area contributed by atoms with E-state index in [4.69, 9.17) is 0 Å². The molecule has 0 bridgehead atoms. The first-order chi connectivity index (χ1) is 10.5. The average Bonchev–Trinajstić information content (AvgIpc) is 2.96. The molecule has 5 heteroatoms. The number of amides is 1. The molecule has 5 nitrogen and oxygen atoms in total. The molecule has 0 radical (unpaired) electrons. The molecular weight excluding hydrogens is 278 g/mol. The maximum Gasteiger partial charge on any atom is 0.227 e. The van der Waals surface area contributed by atoms with E-state index in [0.717, 1.165) is 58.7 Å². The highest BCUT2D eigenvalue weighted by Gasteiger charge is 2.33. The van der Waals surface area contributed by atoms with Crippen LogP contribution < -0.4 is 0 Å². The number of carbonyl (C=O) groups excluding carboxylic acids is 1. The Labute approximate surface area is 135 Å². The number of aliphatic hydroxyl groups is 1. The summed E-state index contributed by atoms with van der Waals surface area (Å²) < 4.78 is 0. The van der Waals surface area contributed by atoms with Gasteiger partial charge in [-0.15, -0.1) is 0 Å². The largest absolute Gasteiger partial charge is 0.395 e. The van der Waals surface area contributed by atoms with Crippen LogP contribution in [0.5, 0.6) is 0 Å². The standard InChI is InChI=1S/C17H33N3O2/c1-4-16(13-21)19-7-9-20(10-8-19)17(22)15-5-6-18(12-15)11-14(2)3/h14-16,21H,4-13H2,1-3H3. The molecular formula is C17H33N3O2. The normalized spacial score (nSPS) is 25.9. The number of nitrogens with zero attached hydrogens (tertiary/aromatic N) is 3. The summed E-state index contributed by atoms with van der Waals surface area (Å²) in [6, 6.07) is 0.255. The fourth-order valence-corrected chi connectivity index (χ4v) is 3.78. The average molecular weight is 311 g/mol. The summed E-state index contributed by atoms with van der Waals surface area (Å²) in [5.74, 6) is 1.22. The van der Waals surface area contributed by atoms with E-state index >= 15 is 0 Å². The zero-order valence-corrected chi connectivity index (χ0v) is 14.5. The van der Waals surface area contributed by atoms with Crippen LogP contribution in [0.4, 0.5) is 0 Å². The maximum atomic E-state index is 12.7. The molecule has 2 atom stereocenters. The van der Waals surface area contributed by atoms with Gasteiger partial charge >= 0.3 is 0 Å². The van der Waals surface area contributed by atoms with E-state index in [9.17, 15) is 9.90 Å². The van der Waals surface area contributed by atoms with Crippen LogP contribution in [-0.4, -0.2) is 84.2 Å². The Hall–Kier alpha value is -0.650. The second-order valence-electron chi connectivity index (χ2n) is 7.24. The van der Waals surface area contributed by atoms with Gasteiger partial charge in [0.25, 0.3) is 0 Å². The van der Waals surface area contributed by atoms with Gasteiger partial charge in [-0.1, -0.05) is 20.8 Å². The van der Waals surface area contributed by atoms with E-state index < -0.39 is 0 Å². The Morgan fingerprint density at radius 1 is 1.18 bits per heavy atom. The Kier molecular flexibility index (Phi) is 6.66. The van der Waals surface area contributed by atoms with Crippen molar-refractivity contribution in [2.24, 2.45) is 11.8 Å². The molecule has 2 aliphatic heterocycles. The summed E-state index contributed by atoms with van der Waals surface area (Å²) in [5.41, 5.74) is 0. The fourth-order valence-electron chi connectivity index (χ4n) is 3.78. The van der Waals surface area contributed by atoms with Crippen molar-refractivity contribution in [3.63, 3.8) is 0 Å². The fraction of sp³-hybridized carbons (Fsp3) is 0.941. The zero-order valence-electron chi connectivity index (χ0n) is 14.5. The SMILES string of the molecule is CCC(CO)N1CCN(C(=O)C2CCN(CC(C)C)C2)CC1. The zero-order chi connectivity index (χ0) is 16.1. The Bertz CT molecular complexity index is 350. The van der Waals surface area contributed by atoms with Gasteiger partial charge in [-0.2, -0.15) is 0 Å². The first-order valence-electron chi connectivity index (χ1n) is 8.91. The van der Waals surface area contributed by atoms with Crippen LogP contribution in [0.2, 0.25) is 0 Å². The predicted octanol–water partition coefficient (Wildman–Crippen LogP) is 0.879. The lowest BCUT2D eigenvalue weighted by Gasteiger charge is -2.39.